The third-order valence-corrected chi connectivity index (χ3v) is 4.23. The van der Waals surface area contributed by atoms with Gasteiger partial charge in [0.15, 0.2) is 5.13 Å². The van der Waals surface area contributed by atoms with Gasteiger partial charge in [-0.15, -0.1) is 0 Å². The van der Waals surface area contributed by atoms with Crippen molar-refractivity contribution in [2.45, 2.75) is 20.8 Å². The van der Waals surface area contributed by atoms with Gasteiger partial charge >= 0.3 is 0 Å². The SMILES string of the molecule is Cc1cc(C)cc(-c2nc(N)sc2-c2ccnc(C)c2)c1. The summed E-state index contributed by atoms with van der Waals surface area (Å²) >= 11 is 1.52. The molecule has 4 heteroatoms. The number of pyridine rings is 1. The van der Waals surface area contributed by atoms with Gasteiger partial charge in [0.25, 0.3) is 0 Å². The first-order chi connectivity index (χ1) is 10.0. The molecule has 3 nitrogen and oxygen atoms in total. The molecule has 0 aliphatic heterocycles. The van der Waals surface area contributed by atoms with Crippen LogP contribution in [0.5, 0.6) is 0 Å². The Labute approximate surface area is 128 Å². The third kappa shape index (κ3) is 2.81. The van der Waals surface area contributed by atoms with E-state index >= 15 is 0 Å². The Kier molecular flexibility index (Phi) is 3.47. The third-order valence-electron chi connectivity index (χ3n) is 3.30. The molecule has 0 aliphatic carbocycles. The van der Waals surface area contributed by atoms with Crippen molar-refractivity contribution >= 4 is 16.5 Å². The predicted molar refractivity (Wildman–Crippen MR) is 89.4 cm³/mol. The van der Waals surface area contributed by atoms with E-state index in [0.29, 0.717) is 5.13 Å². The van der Waals surface area contributed by atoms with Crippen LogP contribution in [0, 0.1) is 20.8 Å². The van der Waals surface area contributed by atoms with Gasteiger partial charge in [-0.25, -0.2) is 4.98 Å². The zero-order chi connectivity index (χ0) is 15.0. The van der Waals surface area contributed by atoms with Gasteiger partial charge in [0.2, 0.25) is 0 Å². The zero-order valence-electron chi connectivity index (χ0n) is 12.3. The van der Waals surface area contributed by atoms with E-state index in [1.807, 2.05) is 19.2 Å². The molecule has 0 bridgehead atoms. The summed E-state index contributed by atoms with van der Waals surface area (Å²) in [5.41, 5.74) is 12.6. The summed E-state index contributed by atoms with van der Waals surface area (Å²) in [6, 6.07) is 10.5. The van der Waals surface area contributed by atoms with Crippen molar-refractivity contribution in [1.82, 2.24) is 9.97 Å². The Morgan fingerprint density at radius 2 is 1.67 bits per heavy atom. The Balaban J connectivity index is 2.20. The molecule has 0 saturated carbocycles. The molecule has 3 rings (SSSR count). The summed E-state index contributed by atoms with van der Waals surface area (Å²) in [5.74, 6) is 0. The molecule has 0 atom stereocenters. The molecule has 106 valence electrons. The average Bonchev–Trinajstić information content (AvgIpc) is 2.80. The lowest BCUT2D eigenvalue weighted by Gasteiger charge is -2.06. The molecule has 0 unspecified atom stereocenters. The van der Waals surface area contributed by atoms with E-state index in [-0.39, 0.29) is 0 Å². The van der Waals surface area contributed by atoms with Crippen molar-refractivity contribution in [2.24, 2.45) is 0 Å². The molecule has 21 heavy (non-hydrogen) atoms. The largest absolute Gasteiger partial charge is 0.375 e. The quantitative estimate of drug-likeness (QED) is 0.763. The number of anilines is 1. The maximum atomic E-state index is 5.96. The monoisotopic (exact) mass is 295 g/mol. The number of aromatic nitrogens is 2. The van der Waals surface area contributed by atoms with E-state index < -0.39 is 0 Å². The fraction of sp³-hybridized carbons (Fsp3) is 0.176. The predicted octanol–water partition coefficient (Wildman–Crippen LogP) is 4.38. The Hall–Kier alpha value is -2.20. The van der Waals surface area contributed by atoms with Crippen LogP contribution in [0.2, 0.25) is 0 Å². The van der Waals surface area contributed by atoms with Crippen LogP contribution in [0.3, 0.4) is 0 Å². The number of nitrogens with zero attached hydrogens (tertiary/aromatic N) is 2. The summed E-state index contributed by atoms with van der Waals surface area (Å²) < 4.78 is 0. The van der Waals surface area contributed by atoms with Gasteiger partial charge in [0, 0.05) is 17.5 Å². The average molecular weight is 295 g/mol. The molecular formula is C17H17N3S. The summed E-state index contributed by atoms with van der Waals surface area (Å²) in [4.78, 5) is 9.90. The molecule has 3 aromatic rings. The van der Waals surface area contributed by atoms with E-state index in [1.54, 1.807) is 0 Å². The lowest BCUT2D eigenvalue weighted by molar-refractivity contribution is 1.20. The minimum atomic E-state index is 0.591. The molecule has 0 radical (unpaired) electrons. The van der Waals surface area contributed by atoms with Crippen molar-refractivity contribution in [3.63, 3.8) is 0 Å². The number of thiazole rings is 1. The second-order valence-corrected chi connectivity index (χ2v) is 6.32. The number of aryl methyl sites for hydroxylation is 3. The summed E-state index contributed by atoms with van der Waals surface area (Å²) in [6.45, 7) is 6.19. The zero-order valence-corrected chi connectivity index (χ0v) is 13.2. The van der Waals surface area contributed by atoms with Crippen molar-refractivity contribution in [2.75, 3.05) is 5.73 Å². The number of benzene rings is 1. The van der Waals surface area contributed by atoms with Gasteiger partial charge in [0.05, 0.1) is 10.6 Å². The first-order valence-electron chi connectivity index (χ1n) is 6.81. The fourth-order valence-electron chi connectivity index (χ4n) is 2.53. The standard InChI is InChI=1S/C17H17N3S/c1-10-6-11(2)8-14(7-10)15-16(21-17(18)20-15)13-4-5-19-12(3)9-13/h4-9H,1-3H3,(H2,18,20). The Morgan fingerprint density at radius 1 is 0.952 bits per heavy atom. The number of hydrogen-bond acceptors (Lipinski definition) is 4. The first-order valence-corrected chi connectivity index (χ1v) is 7.62. The van der Waals surface area contributed by atoms with Gasteiger partial charge in [-0.1, -0.05) is 28.5 Å². The summed E-state index contributed by atoms with van der Waals surface area (Å²) in [6.07, 6.45) is 1.83. The molecule has 0 fully saturated rings. The normalized spacial score (nSPS) is 10.8. The number of nitrogen functional groups attached to an aromatic ring is 1. The summed E-state index contributed by atoms with van der Waals surface area (Å²) in [5, 5.41) is 0.591. The van der Waals surface area contributed by atoms with E-state index in [2.05, 4.69) is 48.1 Å². The highest BCUT2D eigenvalue weighted by Gasteiger charge is 2.14. The van der Waals surface area contributed by atoms with Crippen LogP contribution in [-0.4, -0.2) is 9.97 Å². The van der Waals surface area contributed by atoms with Crippen molar-refractivity contribution in [1.29, 1.82) is 0 Å². The molecule has 2 N–H and O–H groups in total. The minimum Gasteiger partial charge on any atom is -0.375 e. The van der Waals surface area contributed by atoms with Crippen LogP contribution >= 0.6 is 11.3 Å². The lowest BCUT2D eigenvalue weighted by atomic mass is 10.0. The van der Waals surface area contributed by atoms with Crippen LogP contribution in [0.4, 0.5) is 5.13 Å². The van der Waals surface area contributed by atoms with Crippen molar-refractivity contribution < 1.29 is 0 Å². The van der Waals surface area contributed by atoms with Crippen molar-refractivity contribution in [3.8, 4) is 21.7 Å². The maximum Gasteiger partial charge on any atom is 0.181 e. The second-order valence-electron chi connectivity index (χ2n) is 5.29. The highest BCUT2D eigenvalue weighted by Crippen LogP contribution is 2.38. The van der Waals surface area contributed by atoms with Crippen LogP contribution in [0.25, 0.3) is 21.7 Å². The van der Waals surface area contributed by atoms with Crippen LogP contribution < -0.4 is 5.73 Å². The molecule has 1 aromatic carbocycles. The smallest absolute Gasteiger partial charge is 0.181 e. The van der Waals surface area contributed by atoms with Gasteiger partial charge in [-0.2, -0.15) is 0 Å². The van der Waals surface area contributed by atoms with Crippen molar-refractivity contribution in [3.05, 3.63) is 53.3 Å². The lowest BCUT2D eigenvalue weighted by Crippen LogP contribution is -1.88. The molecule has 2 aromatic heterocycles. The summed E-state index contributed by atoms with van der Waals surface area (Å²) in [7, 11) is 0. The van der Waals surface area contributed by atoms with E-state index in [0.717, 1.165) is 27.4 Å². The maximum absolute atomic E-state index is 5.96. The second kappa shape index (κ2) is 5.30. The topological polar surface area (TPSA) is 51.8 Å². The van der Waals surface area contributed by atoms with E-state index in [1.165, 1.54) is 22.5 Å². The van der Waals surface area contributed by atoms with Gasteiger partial charge < -0.3 is 5.73 Å². The fourth-order valence-corrected chi connectivity index (χ4v) is 3.38. The molecular weight excluding hydrogens is 278 g/mol. The minimum absolute atomic E-state index is 0.591. The molecule has 2 heterocycles. The van der Waals surface area contributed by atoms with Gasteiger partial charge in [-0.3, -0.25) is 4.98 Å². The Bertz CT molecular complexity index is 785. The van der Waals surface area contributed by atoms with E-state index in [9.17, 15) is 0 Å². The molecule has 0 saturated heterocycles. The van der Waals surface area contributed by atoms with Crippen LogP contribution in [0.15, 0.2) is 36.5 Å². The Morgan fingerprint density at radius 3 is 2.33 bits per heavy atom. The van der Waals surface area contributed by atoms with E-state index in [4.69, 9.17) is 5.73 Å². The molecule has 0 amide bonds. The molecule has 0 spiro atoms. The highest BCUT2D eigenvalue weighted by molar-refractivity contribution is 7.19. The molecule has 0 aliphatic rings. The first kappa shape index (κ1) is 13.8. The number of hydrogen-bond donors (Lipinski definition) is 1. The van der Waals surface area contributed by atoms with Crippen LogP contribution in [-0.2, 0) is 0 Å². The highest BCUT2D eigenvalue weighted by atomic mass is 32.1. The van der Waals surface area contributed by atoms with Crippen LogP contribution in [0.1, 0.15) is 16.8 Å². The van der Waals surface area contributed by atoms with Gasteiger partial charge in [-0.05, 0) is 50.6 Å². The number of rotatable bonds is 2. The van der Waals surface area contributed by atoms with Gasteiger partial charge in [0.1, 0.15) is 0 Å². The number of nitrogens with two attached hydrogens (primary N) is 1.